The first-order chi connectivity index (χ1) is 6.20. The van der Waals surface area contributed by atoms with Crippen LogP contribution >= 0.6 is 0 Å². The Kier molecular flexibility index (Phi) is 2.28. The SMILES string of the molecule is CC1(CNC(=O)[C@H]2CCN2)CCC1. The van der Waals surface area contributed by atoms with Crippen molar-refractivity contribution in [3.63, 3.8) is 0 Å². The van der Waals surface area contributed by atoms with E-state index in [1.165, 1.54) is 19.3 Å². The van der Waals surface area contributed by atoms with Crippen LogP contribution in [-0.4, -0.2) is 25.0 Å². The molecule has 0 spiro atoms. The molecule has 1 saturated carbocycles. The highest BCUT2D eigenvalue weighted by atomic mass is 16.2. The summed E-state index contributed by atoms with van der Waals surface area (Å²) in [6.07, 6.45) is 4.87. The molecule has 3 heteroatoms. The van der Waals surface area contributed by atoms with E-state index < -0.39 is 0 Å². The fourth-order valence-corrected chi connectivity index (χ4v) is 1.89. The molecule has 2 fully saturated rings. The molecule has 1 saturated heterocycles. The minimum absolute atomic E-state index is 0.101. The Balaban J connectivity index is 1.69. The number of hydrogen-bond acceptors (Lipinski definition) is 2. The van der Waals surface area contributed by atoms with Gasteiger partial charge in [0.05, 0.1) is 6.04 Å². The molecule has 2 rings (SSSR count). The first-order valence-corrected chi connectivity index (χ1v) is 5.21. The molecule has 0 radical (unpaired) electrons. The van der Waals surface area contributed by atoms with Crippen LogP contribution in [0.5, 0.6) is 0 Å². The Hall–Kier alpha value is -0.570. The molecule has 1 heterocycles. The first-order valence-electron chi connectivity index (χ1n) is 5.21. The summed E-state index contributed by atoms with van der Waals surface area (Å²) >= 11 is 0. The van der Waals surface area contributed by atoms with E-state index in [2.05, 4.69) is 17.6 Å². The molecule has 2 N–H and O–H groups in total. The Labute approximate surface area is 79.3 Å². The second-order valence-corrected chi connectivity index (χ2v) is 4.68. The van der Waals surface area contributed by atoms with Crippen LogP contribution in [0.25, 0.3) is 0 Å². The lowest BCUT2D eigenvalue weighted by molar-refractivity contribution is -0.125. The Morgan fingerprint density at radius 1 is 1.62 bits per heavy atom. The zero-order chi connectivity index (χ0) is 9.31. The van der Waals surface area contributed by atoms with Crippen molar-refractivity contribution >= 4 is 5.91 Å². The maximum Gasteiger partial charge on any atom is 0.237 e. The molecule has 0 unspecified atom stereocenters. The maximum atomic E-state index is 11.4. The van der Waals surface area contributed by atoms with Crippen molar-refractivity contribution < 1.29 is 4.79 Å². The van der Waals surface area contributed by atoms with Crippen molar-refractivity contribution in [1.29, 1.82) is 0 Å². The standard InChI is InChI=1S/C10H18N2O/c1-10(4-2-5-10)7-12-9(13)8-3-6-11-8/h8,11H,2-7H2,1H3,(H,12,13)/t8-/m1/s1. The maximum absolute atomic E-state index is 11.4. The van der Waals surface area contributed by atoms with Gasteiger partial charge in [0.15, 0.2) is 0 Å². The van der Waals surface area contributed by atoms with Crippen molar-refractivity contribution in [1.82, 2.24) is 10.6 Å². The molecule has 0 bridgehead atoms. The average Bonchev–Trinajstić information content (AvgIpc) is 1.94. The highest BCUT2D eigenvalue weighted by Gasteiger charge is 2.33. The van der Waals surface area contributed by atoms with E-state index in [9.17, 15) is 4.79 Å². The molecular weight excluding hydrogens is 164 g/mol. The van der Waals surface area contributed by atoms with Crippen molar-refractivity contribution in [3.8, 4) is 0 Å². The fraction of sp³-hybridized carbons (Fsp3) is 0.900. The highest BCUT2D eigenvalue weighted by Crippen LogP contribution is 2.39. The predicted molar refractivity (Wildman–Crippen MR) is 51.4 cm³/mol. The minimum Gasteiger partial charge on any atom is -0.354 e. The van der Waals surface area contributed by atoms with Crippen molar-refractivity contribution in [3.05, 3.63) is 0 Å². The van der Waals surface area contributed by atoms with Gasteiger partial charge in [-0.1, -0.05) is 13.3 Å². The summed E-state index contributed by atoms with van der Waals surface area (Å²) in [4.78, 5) is 11.4. The van der Waals surface area contributed by atoms with Gasteiger partial charge in [0, 0.05) is 6.54 Å². The van der Waals surface area contributed by atoms with Gasteiger partial charge in [-0.2, -0.15) is 0 Å². The lowest BCUT2D eigenvalue weighted by Gasteiger charge is -2.39. The van der Waals surface area contributed by atoms with Gasteiger partial charge < -0.3 is 10.6 Å². The summed E-state index contributed by atoms with van der Waals surface area (Å²) < 4.78 is 0. The van der Waals surface area contributed by atoms with Gasteiger partial charge >= 0.3 is 0 Å². The smallest absolute Gasteiger partial charge is 0.237 e. The molecule has 1 aliphatic heterocycles. The van der Waals surface area contributed by atoms with Crippen molar-refractivity contribution in [2.75, 3.05) is 13.1 Å². The third kappa shape index (κ3) is 1.85. The quantitative estimate of drug-likeness (QED) is 0.673. The molecule has 1 atom stereocenters. The van der Waals surface area contributed by atoms with Gasteiger partial charge in [0.2, 0.25) is 5.91 Å². The Bertz CT molecular complexity index is 207. The van der Waals surface area contributed by atoms with E-state index in [0.29, 0.717) is 5.41 Å². The van der Waals surface area contributed by atoms with Gasteiger partial charge in [-0.05, 0) is 31.2 Å². The second-order valence-electron chi connectivity index (χ2n) is 4.68. The van der Waals surface area contributed by atoms with Crippen LogP contribution in [0.4, 0.5) is 0 Å². The van der Waals surface area contributed by atoms with Crippen LogP contribution in [0, 0.1) is 5.41 Å². The largest absolute Gasteiger partial charge is 0.354 e. The van der Waals surface area contributed by atoms with E-state index in [-0.39, 0.29) is 11.9 Å². The lowest BCUT2D eigenvalue weighted by atomic mass is 9.70. The van der Waals surface area contributed by atoms with E-state index in [1.54, 1.807) is 0 Å². The number of hydrogen-bond donors (Lipinski definition) is 2. The predicted octanol–water partition coefficient (Wildman–Crippen LogP) is 0.655. The number of carbonyl (C=O) groups excluding carboxylic acids is 1. The molecule has 3 nitrogen and oxygen atoms in total. The second kappa shape index (κ2) is 3.29. The number of nitrogens with one attached hydrogen (secondary N) is 2. The van der Waals surface area contributed by atoms with E-state index in [0.717, 1.165) is 19.5 Å². The van der Waals surface area contributed by atoms with Crippen LogP contribution in [0.3, 0.4) is 0 Å². The number of rotatable bonds is 3. The number of carbonyl (C=O) groups is 1. The normalized spacial score (nSPS) is 30.1. The third-order valence-corrected chi connectivity index (χ3v) is 3.39. The molecule has 1 amide bonds. The lowest BCUT2D eigenvalue weighted by Crippen LogP contribution is -2.55. The zero-order valence-corrected chi connectivity index (χ0v) is 8.23. The summed E-state index contributed by atoms with van der Waals surface area (Å²) in [5, 5.41) is 6.13. The van der Waals surface area contributed by atoms with E-state index >= 15 is 0 Å². The molecule has 0 aromatic rings. The number of amides is 1. The Morgan fingerprint density at radius 3 is 2.69 bits per heavy atom. The summed E-state index contributed by atoms with van der Waals surface area (Å²) in [7, 11) is 0. The monoisotopic (exact) mass is 182 g/mol. The molecule has 74 valence electrons. The Morgan fingerprint density at radius 2 is 2.31 bits per heavy atom. The van der Waals surface area contributed by atoms with Gasteiger partial charge in [-0.15, -0.1) is 0 Å². The summed E-state index contributed by atoms with van der Waals surface area (Å²) in [6, 6.07) is 0.101. The fourth-order valence-electron chi connectivity index (χ4n) is 1.89. The minimum atomic E-state index is 0.101. The average molecular weight is 182 g/mol. The van der Waals surface area contributed by atoms with Crippen molar-refractivity contribution in [2.45, 2.75) is 38.6 Å². The topological polar surface area (TPSA) is 41.1 Å². The van der Waals surface area contributed by atoms with Crippen LogP contribution in [-0.2, 0) is 4.79 Å². The molecule has 0 aromatic carbocycles. The molecular formula is C10H18N2O. The first kappa shape index (κ1) is 9.00. The molecule has 2 aliphatic rings. The summed E-state index contributed by atoms with van der Waals surface area (Å²) in [6.45, 7) is 4.12. The molecule has 13 heavy (non-hydrogen) atoms. The molecule has 0 aromatic heterocycles. The third-order valence-electron chi connectivity index (χ3n) is 3.39. The van der Waals surface area contributed by atoms with Crippen LogP contribution in [0.1, 0.15) is 32.6 Å². The van der Waals surface area contributed by atoms with Gasteiger partial charge in [-0.25, -0.2) is 0 Å². The van der Waals surface area contributed by atoms with Gasteiger partial charge in [0.25, 0.3) is 0 Å². The zero-order valence-electron chi connectivity index (χ0n) is 8.23. The van der Waals surface area contributed by atoms with E-state index in [4.69, 9.17) is 0 Å². The summed E-state index contributed by atoms with van der Waals surface area (Å²) in [5.41, 5.74) is 0.402. The molecule has 1 aliphatic carbocycles. The van der Waals surface area contributed by atoms with E-state index in [1.807, 2.05) is 0 Å². The van der Waals surface area contributed by atoms with Crippen LogP contribution in [0.2, 0.25) is 0 Å². The van der Waals surface area contributed by atoms with Crippen LogP contribution in [0.15, 0.2) is 0 Å². The van der Waals surface area contributed by atoms with Crippen LogP contribution < -0.4 is 10.6 Å². The highest BCUT2D eigenvalue weighted by molar-refractivity contribution is 5.82. The van der Waals surface area contributed by atoms with Crippen molar-refractivity contribution in [2.24, 2.45) is 5.41 Å². The summed E-state index contributed by atoms with van der Waals surface area (Å²) in [5.74, 6) is 0.194. The van der Waals surface area contributed by atoms with Gasteiger partial charge in [-0.3, -0.25) is 4.79 Å². The van der Waals surface area contributed by atoms with Gasteiger partial charge in [0.1, 0.15) is 0 Å².